The molecule has 0 aliphatic rings. The molecule has 5 nitrogen and oxygen atoms in total. The van der Waals surface area contributed by atoms with Gasteiger partial charge in [-0.3, -0.25) is 9.71 Å². The van der Waals surface area contributed by atoms with Crippen molar-refractivity contribution in [2.24, 2.45) is 4.99 Å². The maximum Gasteiger partial charge on any atom is 0.261 e. The lowest BCUT2D eigenvalue weighted by atomic mass is 10.2. The van der Waals surface area contributed by atoms with E-state index in [0.717, 1.165) is 0 Å². The van der Waals surface area contributed by atoms with Gasteiger partial charge in [-0.1, -0.05) is 34.8 Å². The molecule has 0 unspecified atom stereocenters. The van der Waals surface area contributed by atoms with Gasteiger partial charge in [-0.05, 0) is 72.6 Å². The largest absolute Gasteiger partial charge is 0.858 e. The highest BCUT2D eigenvalue weighted by Gasteiger charge is 2.16. The Kier molecular flexibility index (Phi) is 6.15. The maximum absolute atomic E-state index is 12.6. The molecule has 0 radical (unpaired) electrons. The van der Waals surface area contributed by atoms with Gasteiger partial charge in [0, 0.05) is 20.6 Å². The zero-order valence-corrected chi connectivity index (χ0v) is 17.1. The molecule has 1 N–H and O–H groups in total. The summed E-state index contributed by atoms with van der Waals surface area (Å²) in [4.78, 5) is 3.98. The van der Waals surface area contributed by atoms with E-state index in [9.17, 15) is 13.5 Å². The lowest BCUT2D eigenvalue weighted by molar-refractivity contribution is -0.212. The second-order valence-electron chi connectivity index (χ2n) is 5.64. The van der Waals surface area contributed by atoms with Crippen molar-refractivity contribution in [2.75, 3.05) is 4.72 Å². The molecule has 3 aromatic carbocycles. The summed E-state index contributed by atoms with van der Waals surface area (Å²) in [6.45, 7) is 0. The Morgan fingerprint density at radius 1 is 0.821 bits per heavy atom. The number of rotatable bonds is 5. The SMILES string of the molecule is O=S(=O)(Nc1ccc(Cl)cc1C([O-])=Nc1ccc(Cl)cc1)c1ccc(Cl)cc1. The lowest BCUT2D eigenvalue weighted by Crippen LogP contribution is -2.22. The van der Waals surface area contributed by atoms with Crippen LogP contribution in [0.5, 0.6) is 0 Å². The van der Waals surface area contributed by atoms with E-state index in [2.05, 4.69) is 9.71 Å². The van der Waals surface area contributed by atoms with Crippen LogP contribution in [0.1, 0.15) is 5.56 Å². The second kappa shape index (κ2) is 8.41. The second-order valence-corrected chi connectivity index (χ2v) is 8.63. The first-order valence-electron chi connectivity index (χ1n) is 7.84. The van der Waals surface area contributed by atoms with Crippen LogP contribution in [0.4, 0.5) is 11.4 Å². The van der Waals surface area contributed by atoms with Crippen LogP contribution in [0.3, 0.4) is 0 Å². The zero-order chi connectivity index (χ0) is 20.3. The fourth-order valence-corrected chi connectivity index (χ4v) is 3.80. The minimum absolute atomic E-state index is 0.000103. The molecular weight excluding hydrogens is 443 g/mol. The number of benzene rings is 3. The van der Waals surface area contributed by atoms with E-state index in [1.54, 1.807) is 24.3 Å². The van der Waals surface area contributed by atoms with Gasteiger partial charge in [-0.25, -0.2) is 8.42 Å². The van der Waals surface area contributed by atoms with Gasteiger partial charge in [0.25, 0.3) is 10.0 Å². The average Bonchev–Trinajstić information content (AvgIpc) is 2.65. The third kappa shape index (κ3) is 4.97. The number of anilines is 1. The van der Waals surface area contributed by atoms with Crippen molar-refractivity contribution in [3.05, 3.63) is 87.4 Å². The first-order chi connectivity index (χ1) is 13.2. The van der Waals surface area contributed by atoms with Crippen LogP contribution in [0.15, 0.2) is 76.6 Å². The Bertz CT molecular complexity index is 1130. The predicted octanol–water partition coefficient (Wildman–Crippen LogP) is 4.89. The topological polar surface area (TPSA) is 81.6 Å². The van der Waals surface area contributed by atoms with Gasteiger partial charge in [-0.15, -0.1) is 0 Å². The van der Waals surface area contributed by atoms with Crippen LogP contribution in [0.25, 0.3) is 0 Å². The molecule has 144 valence electrons. The highest BCUT2D eigenvalue weighted by molar-refractivity contribution is 7.92. The number of nitrogens with zero attached hydrogens (tertiary/aromatic N) is 1. The summed E-state index contributed by atoms with van der Waals surface area (Å²) in [6, 6.07) is 16.2. The zero-order valence-electron chi connectivity index (χ0n) is 14.1. The van der Waals surface area contributed by atoms with E-state index < -0.39 is 15.9 Å². The molecule has 0 fully saturated rings. The molecule has 0 aliphatic heterocycles. The van der Waals surface area contributed by atoms with Crippen molar-refractivity contribution >= 4 is 62.1 Å². The molecule has 9 heteroatoms. The normalized spacial score (nSPS) is 12.0. The molecule has 3 rings (SSSR count). The van der Waals surface area contributed by atoms with Crippen molar-refractivity contribution in [3.63, 3.8) is 0 Å². The molecular formula is C19H12Cl3N2O3S-. The molecule has 0 heterocycles. The Labute approximate surface area is 177 Å². The number of nitrogens with one attached hydrogen (secondary N) is 1. The Balaban J connectivity index is 1.98. The number of aliphatic imine (C=N–C) groups is 1. The average molecular weight is 455 g/mol. The quantitative estimate of drug-likeness (QED) is 0.440. The summed E-state index contributed by atoms with van der Waals surface area (Å²) >= 11 is 17.6. The number of halogens is 3. The molecule has 0 saturated heterocycles. The van der Waals surface area contributed by atoms with Crippen molar-refractivity contribution in [3.8, 4) is 0 Å². The number of hydrogen-bond donors (Lipinski definition) is 1. The number of sulfonamides is 1. The maximum atomic E-state index is 12.6. The van der Waals surface area contributed by atoms with Gasteiger partial charge in [0.15, 0.2) is 0 Å². The molecule has 0 atom stereocenters. The van der Waals surface area contributed by atoms with E-state index in [4.69, 9.17) is 34.8 Å². The van der Waals surface area contributed by atoms with E-state index in [1.165, 1.54) is 42.5 Å². The molecule has 0 aromatic heterocycles. The van der Waals surface area contributed by atoms with Crippen LogP contribution >= 0.6 is 34.8 Å². The summed E-state index contributed by atoms with van der Waals surface area (Å²) in [5, 5.41) is 13.8. The summed E-state index contributed by atoms with van der Waals surface area (Å²) in [7, 11) is -3.94. The summed E-state index contributed by atoms with van der Waals surface area (Å²) in [5.41, 5.74) is 0.447. The van der Waals surface area contributed by atoms with Gasteiger partial charge < -0.3 is 5.11 Å². The monoisotopic (exact) mass is 453 g/mol. The van der Waals surface area contributed by atoms with Gasteiger partial charge in [-0.2, -0.15) is 0 Å². The van der Waals surface area contributed by atoms with Crippen LogP contribution in [-0.4, -0.2) is 14.3 Å². The van der Waals surface area contributed by atoms with Crippen LogP contribution < -0.4 is 9.83 Å². The lowest BCUT2D eigenvalue weighted by Gasteiger charge is -2.17. The molecule has 0 aliphatic carbocycles. The smallest absolute Gasteiger partial charge is 0.261 e. The predicted molar refractivity (Wildman–Crippen MR) is 111 cm³/mol. The van der Waals surface area contributed by atoms with E-state index in [-0.39, 0.29) is 21.2 Å². The molecule has 0 amide bonds. The standard InChI is InChI=1S/C19H13Cl3N2O3S/c20-12-1-6-15(7-2-12)23-19(25)17-11-14(22)5-10-18(17)24-28(26,27)16-8-3-13(21)4-9-16/h1-11,24H,(H,23,25)/p-1. The fourth-order valence-electron chi connectivity index (χ4n) is 2.29. The number of hydrogen-bond acceptors (Lipinski definition) is 4. The van der Waals surface area contributed by atoms with Crippen LogP contribution in [-0.2, 0) is 10.0 Å². The Morgan fingerprint density at radius 3 is 1.96 bits per heavy atom. The molecule has 3 aromatic rings. The van der Waals surface area contributed by atoms with Gasteiger partial charge in [0.1, 0.15) is 0 Å². The summed E-state index contributed by atoms with van der Waals surface area (Å²) < 4.78 is 27.6. The van der Waals surface area contributed by atoms with Gasteiger partial charge >= 0.3 is 0 Å². The van der Waals surface area contributed by atoms with E-state index >= 15 is 0 Å². The highest BCUT2D eigenvalue weighted by Crippen LogP contribution is 2.25. The van der Waals surface area contributed by atoms with Crippen LogP contribution in [0.2, 0.25) is 15.1 Å². The summed E-state index contributed by atoms with van der Waals surface area (Å²) in [6.07, 6.45) is 0. The highest BCUT2D eigenvalue weighted by atomic mass is 35.5. The van der Waals surface area contributed by atoms with Crippen LogP contribution in [0, 0.1) is 0 Å². The van der Waals surface area contributed by atoms with Crippen molar-refractivity contribution in [1.29, 1.82) is 0 Å². The molecule has 0 spiro atoms. The molecule has 0 saturated carbocycles. The minimum Gasteiger partial charge on any atom is -0.858 e. The van der Waals surface area contributed by atoms with E-state index in [1.807, 2.05) is 0 Å². The molecule has 28 heavy (non-hydrogen) atoms. The van der Waals surface area contributed by atoms with Crippen molar-refractivity contribution in [1.82, 2.24) is 0 Å². The van der Waals surface area contributed by atoms with E-state index in [0.29, 0.717) is 15.7 Å². The minimum atomic E-state index is -3.94. The first kappa shape index (κ1) is 20.5. The Morgan fingerprint density at radius 2 is 1.36 bits per heavy atom. The summed E-state index contributed by atoms with van der Waals surface area (Å²) in [5.74, 6) is -0.654. The third-order valence-corrected chi connectivity index (χ3v) is 5.76. The molecule has 0 bridgehead atoms. The third-order valence-electron chi connectivity index (χ3n) is 3.64. The van der Waals surface area contributed by atoms with Crippen molar-refractivity contribution in [2.45, 2.75) is 4.90 Å². The van der Waals surface area contributed by atoms with Crippen molar-refractivity contribution < 1.29 is 13.5 Å². The first-order valence-corrected chi connectivity index (χ1v) is 10.5. The van der Waals surface area contributed by atoms with Gasteiger partial charge in [0.05, 0.1) is 16.3 Å². The van der Waals surface area contributed by atoms with Gasteiger partial charge in [0.2, 0.25) is 0 Å². The fraction of sp³-hybridized carbons (Fsp3) is 0. The Hall–Kier alpha value is -2.25.